The van der Waals surface area contributed by atoms with Gasteiger partial charge >= 0.3 is 141 Å². The average Bonchev–Trinajstić information content (AvgIpc) is 4.17. The van der Waals surface area contributed by atoms with E-state index in [0.717, 1.165) is 61.7 Å². The molecule has 1 radical (unpaired) electrons. The van der Waals surface area contributed by atoms with Gasteiger partial charge in [-0.25, -0.2) is 4.98 Å². The van der Waals surface area contributed by atoms with Gasteiger partial charge in [-0.3, -0.25) is 4.98 Å². The zero-order chi connectivity index (χ0) is 55.6. The van der Waals surface area contributed by atoms with Gasteiger partial charge in [0.1, 0.15) is 0 Å². The third kappa shape index (κ3) is 10.2. The van der Waals surface area contributed by atoms with E-state index in [1.807, 2.05) is 19.9 Å². The molecule has 72 heavy (non-hydrogen) atoms. The Hall–Kier alpha value is -5.92. The van der Waals surface area contributed by atoms with Gasteiger partial charge in [0.05, 0.1) is 28.1 Å². The molecule has 0 saturated carbocycles. The number of imidazole rings is 1. The molecule has 0 amide bonds. The molecule has 11 rings (SSSR count). The summed E-state index contributed by atoms with van der Waals surface area (Å²) in [6, 6.07) is 47.7. The van der Waals surface area contributed by atoms with E-state index in [-0.39, 0.29) is 55.5 Å². The Morgan fingerprint density at radius 1 is 0.764 bits per heavy atom. The van der Waals surface area contributed by atoms with Crippen LogP contribution in [0.1, 0.15) is 109 Å². The van der Waals surface area contributed by atoms with E-state index in [0.29, 0.717) is 22.5 Å². The van der Waals surface area contributed by atoms with Gasteiger partial charge in [0.25, 0.3) is 0 Å². The van der Waals surface area contributed by atoms with Crippen LogP contribution in [0, 0.1) is 24.9 Å². The number of benzene rings is 6. The fraction of sp³-hybridized carbons (Fsp3) is 0.277. The summed E-state index contributed by atoms with van der Waals surface area (Å²) >= 11 is -2.42. The number of furan rings is 1. The number of hydrogen-bond acceptors (Lipinski definition) is 4. The van der Waals surface area contributed by atoms with Crippen LogP contribution in [-0.2, 0) is 39.3 Å². The molecule has 0 fully saturated rings. The van der Waals surface area contributed by atoms with Crippen LogP contribution in [0.25, 0.3) is 83.8 Å². The van der Waals surface area contributed by atoms with Crippen LogP contribution in [0.15, 0.2) is 144 Å². The van der Waals surface area contributed by atoms with Gasteiger partial charge in [-0.2, -0.15) is 0 Å². The molecular weight excluding hydrogens is 1120 g/mol. The van der Waals surface area contributed by atoms with E-state index in [1.165, 1.54) is 63.5 Å². The number of aromatic nitrogens is 4. The predicted molar refractivity (Wildman–Crippen MR) is 301 cm³/mol. The van der Waals surface area contributed by atoms with Crippen LogP contribution in [0.4, 0.5) is 0 Å². The molecule has 0 saturated heterocycles. The molecule has 0 N–H and O–H groups in total. The van der Waals surface area contributed by atoms with Gasteiger partial charge < -0.3 is 8.98 Å². The van der Waals surface area contributed by atoms with E-state index in [9.17, 15) is 0 Å². The van der Waals surface area contributed by atoms with Crippen LogP contribution in [0.2, 0.25) is 17.3 Å². The quantitative estimate of drug-likeness (QED) is 0.101. The van der Waals surface area contributed by atoms with Gasteiger partial charge in [-0.1, -0.05) is 99.3 Å². The molecule has 6 aromatic carbocycles. The van der Waals surface area contributed by atoms with Crippen LogP contribution in [0.3, 0.4) is 0 Å². The summed E-state index contributed by atoms with van der Waals surface area (Å²) in [6.45, 7) is 10.3. The van der Waals surface area contributed by atoms with Gasteiger partial charge in [-0.05, 0) is 107 Å². The predicted octanol–water partition coefficient (Wildman–Crippen LogP) is 16.8. The van der Waals surface area contributed by atoms with Crippen molar-refractivity contribution in [2.45, 2.75) is 110 Å². The van der Waals surface area contributed by atoms with Crippen molar-refractivity contribution >= 4 is 50.8 Å². The van der Waals surface area contributed by atoms with Crippen molar-refractivity contribution in [1.82, 2.24) is 19.5 Å². The van der Waals surface area contributed by atoms with E-state index >= 15 is 0 Å². The van der Waals surface area contributed by atoms with E-state index in [2.05, 4.69) is 170 Å². The smallest absolute Gasteiger partial charge is 0 e. The fourth-order valence-corrected chi connectivity index (χ4v) is 13.1. The largest absolute Gasteiger partial charge is 0 e. The maximum absolute atomic E-state index is 8.61. The summed E-state index contributed by atoms with van der Waals surface area (Å²) < 4.78 is 65.9. The Balaban J connectivity index is 0.000000223. The van der Waals surface area contributed by atoms with Crippen molar-refractivity contribution in [2.24, 2.45) is 5.92 Å². The van der Waals surface area contributed by atoms with Crippen molar-refractivity contribution in [2.75, 3.05) is 0 Å². The first kappa shape index (κ1) is 42.6. The summed E-state index contributed by atoms with van der Waals surface area (Å²) in [5, 5.41) is 2.03. The van der Waals surface area contributed by atoms with Crippen LogP contribution in [-0.4, -0.2) is 32.8 Å². The number of fused-ring (bicyclic) bond motifs is 5. The molecule has 0 spiro atoms. The van der Waals surface area contributed by atoms with Gasteiger partial charge in [-0.15, -0.1) is 18.2 Å². The van der Waals surface area contributed by atoms with Gasteiger partial charge in [0, 0.05) is 36.7 Å². The summed E-state index contributed by atoms with van der Waals surface area (Å²) in [5.74, 6) is 7.67. The molecule has 0 bridgehead atoms. The number of hydrogen-bond donors (Lipinski definition) is 0. The number of para-hydroxylation sites is 2. The van der Waals surface area contributed by atoms with Crippen LogP contribution >= 0.6 is 0 Å². The minimum absolute atomic E-state index is 0. The maximum Gasteiger partial charge on any atom is 0 e. The molecule has 1 aliphatic rings. The molecular formula is C65H66GeIrN4O-2. The first-order valence-corrected chi connectivity index (χ1v) is 32.5. The Bertz CT molecular complexity index is 3840. The third-order valence-corrected chi connectivity index (χ3v) is 17.8. The first-order chi connectivity index (χ1) is 37.0. The van der Waals surface area contributed by atoms with E-state index in [4.69, 9.17) is 24.0 Å². The number of pyridine rings is 2. The number of aryl methyl sites for hydroxylation is 1. The second kappa shape index (κ2) is 21.3. The standard InChI is InChI=1S/C46H40N3O.C19H26GeN.Ir/c1-28(2)38-26-32(30-14-6-5-7-15-30)27-39(29(3)4)43(38)49-42-23-11-10-22-41(42)47-45(49)37-21-13-20-35-36-24-25-40(48-46(36)50-44(35)37)34-19-12-17-31-16-8-9-18-33(31)34;1-14(2)11-17-12-19(16-9-7-15(3)8-10-16)21-13-18(17)20(4,5)6;/h5-7,10-15,17,19-20,22-29H,8-9,16,18H2,1-4H3;7-9,12-14H,11H2,1-6H3;/q2*-1;/i;3D3,7D,8D,11D2;. The zero-order valence-electron chi connectivity index (χ0n) is 49.7. The molecule has 4 aromatic heterocycles. The second-order valence-electron chi connectivity index (χ2n) is 20.8. The molecule has 0 aliphatic heterocycles. The molecule has 0 unspecified atom stereocenters. The van der Waals surface area contributed by atoms with Crippen molar-refractivity contribution in [3.8, 4) is 50.7 Å². The summed E-state index contributed by atoms with van der Waals surface area (Å²) in [5.41, 5.74) is 16.5. The SMILES string of the molecule is CC(C)c1cc(-c2ccccc2)cc(C(C)C)c1-n1c(-c2[c-]ccc3c2oc2nc(-c4cccc5c4CCCC5)ccc23)nc2ccccc21.[2H]c1[c-]c(-c2cc(C([2H])([2H])C(C)C)[c]([Ge]([CH3])([CH3])[CH3])cn2)cc([2H])c1C([2H])([2H])[2H].[Ir]. The molecule has 5 nitrogen and oxygen atoms in total. The molecule has 10 aromatic rings. The Labute approximate surface area is 453 Å². The minimum Gasteiger partial charge on any atom is 0 e. The Morgan fingerprint density at radius 3 is 2.24 bits per heavy atom. The number of nitrogens with zero attached hydrogens (tertiary/aromatic N) is 4. The molecule has 0 atom stereocenters. The monoisotopic (exact) mass is 1190 g/mol. The van der Waals surface area contributed by atoms with Crippen molar-refractivity contribution in [3.05, 3.63) is 185 Å². The zero-order valence-corrected chi connectivity index (χ0v) is 47.2. The molecule has 4 heterocycles. The van der Waals surface area contributed by atoms with Gasteiger partial charge in [0.2, 0.25) is 5.71 Å². The van der Waals surface area contributed by atoms with Crippen LogP contribution < -0.4 is 4.40 Å². The summed E-state index contributed by atoms with van der Waals surface area (Å²) in [7, 11) is 0. The number of rotatable bonds is 10. The summed E-state index contributed by atoms with van der Waals surface area (Å²) in [6.07, 6.45) is 4.88. The van der Waals surface area contributed by atoms with E-state index < -0.39 is 26.5 Å². The topological polar surface area (TPSA) is 56.7 Å². The Morgan fingerprint density at radius 2 is 1.51 bits per heavy atom. The van der Waals surface area contributed by atoms with E-state index in [1.54, 1.807) is 12.3 Å². The normalized spacial score (nSPS) is 14.5. The fourth-order valence-electron chi connectivity index (χ4n) is 10.1. The molecule has 1 aliphatic carbocycles. The Kier molecular flexibility index (Phi) is 12.6. The first-order valence-electron chi connectivity index (χ1n) is 28.6. The maximum atomic E-state index is 8.61. The summed E-state index contributed by atoms with van der Waals surface area (Å²) in [4.78, 5) is 14.9. The van der Waals surface area contributed by atoms with Crippen LogP contribution in [0.5, 0.6) is 0 Å². The molecule has 7 heteroatoms. The third-order valence-electron chi connectivity index (χ3n) is 13.6. The van der Waals surface area contributed by atoms with Crippen molar-refractivity contribution in [3.63, 3.8) is 0 Å². The van der Waals surface area contributed by atoms with Crippen molar-refractivity contribution in [1.29, 1.82) is 0 Å². The van der Waals surface area contributed by atoms with Gasteiger partial charge in [0.15, 0.2) is 0 Å². The minimum atomic E-state index is -2.55. The molecule has 367 valence electrons. The second-order valence-corrected chi connectivity index (χ2v) is 31.4. The average molecular weight is 1190 g/mol. The van der Waals surface area contributed by atoms with Crippen molar-refractivity contribution < 1.29 is 34.1 Å².